The van der Waals surface area contributed by atoms with Gasteiger partial charge in [-0.25, -0.2) is 14.6 Å². The Balaban J connectivity index is 1.99. The number of carbonyl (C=O) groups is 1. The van der Waals surface area contributed by atoms with Crippen LogP contribution in [0, 0.1) is 18.2 Å². The molecule has 0 aliphatic rings. The van der Waals surface area contributed by atoms with Gasteiger partial charge >= 0.3 is 6.09 Å². The molecule has 5 nitrogen and oxygen atoms in total. The number of hydrogen-bond donors (Lipinski definition) is 2. The van der Waals surface area contributed by atoms with Gasteiger partial charge in [0.15, 0.2) is 0 Å². The summed E-state index contributed by atoms with van der Waals surface area (Å²) in [7, 11) is 0. The molecule has 27 heavy (non-hydrogen) atoms. The molecular formula is C21H24FN3O2. The van der Waals surface area contributed by atoms with Crippen molar-refractivity contribution in [3.05, 3.63) is 59.9 Å². The number of rotatable bonds is 6. The number of benzene rings is 2. The number of nitrogens with zero attached hydrogens (tertiary/aromatic N) is 1. The van der Waals surface area contributed by atoms with Crippen LogP contribution in [-0.2, 0) is 11.3 Å². The van der Waals surface area contributed by atoms with Crippen molar-refractivity contribution in [3.63, 3.8) is 0 Å². The van der Waals surface area contributed by atoms with Crippen molar-refractivity contribution in [2.75, 3.05) is 16.9 Å². The minimum atomic E-state index is -0.564. The summed E-state index contributed by atoms with van der Waals surface area (Å²) < 4.78 is 18.2. The topological polar surface area (TPSA) is 53.6 Å². The average Bonchev–Trinajstić information content (AvgIpc) is 2.60. The van der Waals surface area contributed by atoms with Gasteiger partial charge in [0.05, 0.1) is 12.2 Å². The van der Waals surface area contributed by atoms with E-state index in [2.05, 4.69) is 16.8 Å². The normalized spacial score (nSPS) is 10.6. The standard InChI is InChI=1S/C21H24FN3O2/c1-5-14-25(15-16-6-8-17(22)9-7-16)19-12-10-18(11-13-19)23-24-20(26)27-21(2,3)4/h1,6-13,23H,14-15H2,2-4H3,(H,24,26). The monoisotopic (exact) mass is 369 g/mol. The molecular weight excluding hydrogens is 345 g/mol. The van der Waals surface area contributed by atoms with Gasteiger partial charge < -0.3 is 9.64 Å². The molecule has 0 fully saturated rings. The van der Waals surface area contributed by atoms with Gasteiger partial charge in [0, 0.05) is 12.2 Å². The molecule has 142 valence electrons. The fourth-order valence-electron chi connectivity index (χ4n) is 2.34. The van der Waals surface area contributed by atoms with E-state index in [4.69, 9.17) is 11.2 Å². The van der Waals surface area contributed by atoms with Gasteiger partial charge in [-0.3, -0.25) is 5.43 Å². The van der Waals surface area contributed by atoms with Gasteiger partial charge in [0.1, 0.15) is 11.4 Å². The molecule has 0 radical (unpaired) electrons. The SMILES string of the molecule is C#CCN(Cc1ccc(F)cc1)c1ccc(NNC(=O)OC(C)(C)C)cc1. The van der Waals surface area contributed by atoms with Gasteiger partial charge in [-0.05, 0) is 62.7 Å². The van der Waals surface area contributed by atoms with Crippen molar-refractivity contribution in [1.82, 2.24) is 5.43 Å². The van der Waals surface area contributed by atoms with Crippen LogP contribution in [-0.4, -0.2) is 18.2 Å². The van der Waals surface area contributed by atoms with E-state index < -0.39 is 11.7 Å². The molecule has 0 unspecified atom stereocenters. The minimum Gasteiger partial charge on any atom is -0.443 e. The number of halogens is 1. The van der Waals surface area contributed by atoms with Crippen LogP contribution in [0.25, 0.3) is 0 Å². The van der Waals surface area contributed by atoms with E-state index in [0.717, 1.165) is 11.3 Å². The Kier molecular flexibility index (Phi) is 6.67. The first-order chi connectivity index (χ1) is 12.8. The molecule has 0 bridgehead atoms. The molecule has 6 heteroatoms. The number of terminal acetylenes is 1. The van der Waals surface area contributed by atoms with Crippen molar-refractivity contribution in [2.45, 2.75) is 32.9 Å². The molecule has 0 atom stereocenters. The molecule has 2 rings (SSSR count). The molecule has 0 aromatic heterocycles. The highest BCUT2D eigenvalue weighted by molar-refractivity contribution is 5.70. The third kappa shape index (κ3) is 6.90. The van der Waals surface area contributed by atoms with Gasteiger partial charge in [0.2, 0.25) is 0 Å². The van der Waals surface area contributed by atoms with Gasteiger partial charge in [0.25, 0.3) is 0 Å². The minimum absolute atomic E-state index is 0.268. The summed E-state index contributed by atoms with van der Waals surface area (Å²) in [6.45, 7) is 6.36. The maximum Gasteiger partial charge on any atom is 0.426 e. The maximum atomic E-state index is 13.1. The Morgan fingerprint density at radius 3 is 2.33 bits per heavy atom. The van der Waals surface area contributed by atoms with E-state index in [-0.39, 0.29) is 5.82 Å². The average molecular weight is 369 g/mol. The second kappa shape index (κ2) is 8.95. The summed E-state index contributed by atoms with van der Waals surface area (Å²) in [6.07, 6.45) is 4.92. The molecule has 1 amide bonds. The zero-order chi connectivity index (χ0) is 19.9. The van der Waals surface area contributed by atoms with Gasteiger partial charge in [-0.15, -0.1) is 6.42 Å². The fourth-order valence-corrected chi connectivity index (χ4v) is 2.34. The van der Waals surface area contributed by atoms with E-state index in [1.54, 1.807) is 32.9 Å². The van der Waals surface area contributed by atoms with Crippen LogP contribution in [0.5, 0.6) is 0 Å². The second-order valence-corrected chi connectivity index (χ2v) is 6.99. The van der Waals surface area contributed by atoms with Crippen LogP contribution in [0.15, 0.2) is 48.5 Å². The lowest BCUT2D eigenvalue weighted by Gasteiger charge is -2.23. The highest BCUT2D eigenvalue weighted by atomic mass is 19.1. The Hall–Kier alpha value is -3.20. The Bertz CT molecular complexity index is 790. The van der Waals surface area contributed by atoms with E-state index in [1.807, 2.05) is 29.2 Å². The summed E-state index contributed by atoms with van der Waals surface area (Å²) in [5.41, 5.74) is 7.29. The van der Waals surface area contributed by atoms with Gasteiger partial charge in [-0.2, -0.15) is 0 Å². The second-order valence-electron chi connectivity index (χ2n) is 6.99. The smallest absolute Gasteiger partial charge is 0.426 e. The Labute approximate surface area is 159 Å². The third-order valence-corrected chi connectivity index (χ3v) is 3.51. The maximum absolute atomic E-state index is 13.1. The molecule has 0 aliphatic carbocycles. The quantitative estimate of drug-likeness (QED) is 0.588. The van der Waals surface area contributed by atoms with Crippen molar-refractivity contribution < 1.29 is 13.9 Å². The first-order valence-electron chi connectivity index (χ1n) is 8.55. The van der Waals surface area contributed by atoms with Crippen LogP contribution in [0.3, 0.4) is 0 Å². The molecule has 0 saturated carbocycles. The molecule has 0 heterocycles. The van der Waals surface area contributed by atoms with Crippen LogP contribution in [0.1, 0.15) is 26.3 Å². The molecule has 2 N–H and O–H groups in total. The summed E-state index contributed by atoms with van der Waals surface area (Å²) in [5, 5.41) is 0. The van der Waals surface area contributed by atoms with Crippen LogP contribution in [0.2, 0.25) is 0 Å². The number of nitrogens with one attached hydrogen (secondary N) is 2. The van der Waals surface area contributed by atoms with E-state index in [9.17, 15) is 9.18 Å². The molecule has 0 aliphatic heterocycles. The summed E-state index contributed by atoms with van der Waals surface area (Å²) >= 11 is 0. The van der Waals surface area contributed by atoms with Crippen molar-refractivity contribution in [3.8, 4) is 12.3 Å². The van der Waals surface area contributed by atoms with Crippen LogP contribution < -0.4 is 15.8 Å². The summed E-state index contributed by atoms with van der Waals surface area (Å²) in [4.78, 5) is 13.7. The largest absolute Gasteiger partial charge is 0.443 e. The van der Waals surface area contributed by atoms with Crippen LogP contribution >= 0.6 is 0 Å². The summed E-state index contributed by atoms with van der Waals surface area (Å²) in [6, 6.07) is 13.7. The number of amides is 1. The van der Waals surface area contributed by atoms with Crippen LogP contribution in [0.4, 0.5) is 20.6 Å². The lowest BCUT2D eigenvalue weighted by atomic mass is 10.2. The Morgan fingerprint density at radius 1 is 1.15 bits per heavy atom. The highest BCUT2D eigenvalue weighted by Crippen LogP contribution is 2.20. The molecule has 2 aromatic rings. The predicted molar refractivity (Wildman–Crippen MR) is 106 cm³/mol. The van der Waals surface area contributed by atoms with E-state index in [0.29, 0.717) is 18.8 Å². The molecule has 0 spiro atoms. The van der Waals surface area contributed by atoms with E-state index >= 15 is 0 Å². The van der Waals surface area contributed by atoms with Crippen molar-refractivity contribution >= 4 is 17.5 Å². The molecule has 2 aromatic carbocycles. The number of ether oxygens (including phenoxy) is 1. The predicted octanol–water partition coefficient (Wildman–Crippen LogP) is 4.32. The zero-order valence-corrected chi connectivity index (χ0v) is 15.8. The number of anilines is 2. The zero-order valence-electron chi connectivity index (χ0n) is 15.8. The molecule has 0 saturated heterocycles. The number of carbonyl (C=O) groups excluding carboxylic acids is 1. The first kappa shape index (κ1) is 20.1. The fraction of sp³-hybridized carbons (Fsp3) is 0.286. The van der Waals surface area contributed by atoms with Crippen molar-refractivity contribution in [2.24, 2.45) is 0 Å². The third-order valence-electron chi connectivity index (χ3n) is 3.51. The Morgan fingerprint density at radius 2 is 1.78 bits per heavy atom. The van der Waals surface area contributed by atoms with E-state index in [1.165, 1.54) is 12.1 Å². The van der Waals surface area contributed by atoms with Gasteiger partial charge in [-0.1, -0.05) is 18.1 Å². The lowest BCUT2D eigenvalue weighted by Crippen LogP contribution is -2.35. The lowest BCUT2D eigenvalue weighted by molar-refractivity contribution is 0.0541. The first-order valence-corrected chi connectivity index (χ1v) is 8.55. The van der Waals surface area contributed by atoms with Crippen molar-refractivity contribution in [1.29, 1.82) is 0 Å². The highest BCUT2D eigenvalue weighted by Gasteiger charge is 2.15. The number of hydrazine groups is 1. The summed E-state index contributed by atoms with van der Waals surface area (Å²) in [5.74, 6) is 2.37. The number of hydrogen-bond acceptors (Lipinski definition) is 4.